The van der Waals surface area contributed by atoms with Crippen LogP contribution >= 0.6 is 0 Å². The molecule has 3 N–H and O–H groups in total. The van der Waals surface area contributed by atoms with Crippen LogP contribution in [0.4, 0.5) is 10.6 Å². The monoisotopic (exact) mass is 432 g/mol. The summed E-state index contributed by atoms with van der Waals surface area (Å²) in [7, 11) is 0. The first-order chi connectivity index (χ1) is 14.9. The molecule has 0 spiro atoms. The van der Waals surface area contributed by atoms with E-state index < -0.39 is 18.1 Å². The maximum atomic E-state index is 11.8. The highest BCUT2D eigenvalue weighted by Gasteiger charge is 2.30. The van der Waals surface area contributed by atoms with Crippen LogP contribution in [-0.4, -0.2) is 64.9 Å². The number of fused-ring (bicyclic) bond motifs is 1. The van der Waals surface area contributed by atoms with E-state index >= 15 is 0 Å². The minimum absolute atomic E-state index is 0.280. The van der Waals surface area contributed by atoms with Gasteiger partial charge in [-0.25, -0.2) is 14.6 Å². The fraction of sp³-hybridized carbons (Fsp3) is 0.696. The molecule has 0 radical (unpaired) electrons. The Hall–Kier alpha value is -2.35. The van der Waals surface area contributed by atoms with Crippen molar-refractivity contribution in [2.24, 2.45) is 0 Å². The van der Waals surface area contributed by atoms with Crippen LogP contribution in [0.2, 0.25) is 0 Å². The van der Waals surface area contributed by atoms with E-state index in [0.29, 0.717) is 19.0 Å². The summed E-state index contributed by atoms with van der Waals surface area (Å²) >= 11 is 0. The highest BCUT2D eigenvalue weighted by atomic mass is 16.6. The van der Waals surface area contributed by atoms with E-state index in [1.807, 2.05) is 0 Å². The van der Waals surface area contributed by atoms with Crippen LogP contribution in [0.15, 0.2) is 12.1 Å². The third-order valence-corrected chi connectivity index (χ3v) is 5.78. The normalized spacial score (nSPS) is 16.5. The molecule has 0 bridgehead atoms. The molecule has 3 rings (SSSR count). The summed E-state index contributed by atoms with van der Waals surface area (Å²) in [5.41, 5.74) is 2.44. The summed E-state index contributed by atoms with van der Waals surface area (Å²) in [6.45, 7) is 6.07. The van der Waals surface area contributed by atoms with Crippen LogP contribution in [0.3, 0.4) is 0 Å². The number of pyridine rings is 1. The van der Waals surface area contributed by atoms with Gasteiger partial charge in [0.25, 0.3) is 0 Å². The number of nitrogens with one attached hydrogen (secondary N) is 2. The second-order valence-electron chi connectivity index (χ2n) is 8.84. The predicted molar refractivity (Wildman–Crippen MR) is 119 cm³/mol. The maximum Gasteiger partial charge on any atom is 0.408 e. The second kappa shape index (κ2) is 11.3. The van der Waals surface area contributed by atoms with Crippen LogP contribution < -0.4 is 10.6 Å². The molecule has 31 heavy (non-hydrogen) atoms. The van der Waals surface area contributed by atoms with E-state index in [1.54, 1.807) is 13.8 Å². The fourth-order valence-corrected chi connectivity index (χ4v) is 3.99. The molecule has 1 saturated carbocycles. The average molecular weight is 433 g/mol. The second-order valence-corrected chi connectivity index (χ2v) is 8.84. The van der Waals surface area contributed by atoms with E-state index in [-0.39, 0.29) is 6.10 Å². The molecular formula is C23H36N4O4. The number of anilines is 1. The molecule has 172 valence electrons. The van der Waals surface area contributed by atoms with E-state index in [1.165, 1.54) is 24.8 Å². The Balaban J connectivity index is 1.41. The van der Waals surface area contributed by atoms with Crippen LogP contribution in [-0.2, 0) is 22.4 Å². The van der Waals surface area contributed by atoms with Crippen molar-refractivity contribution in [2.75, 3.05) is 25.0 Å². The maximum absolute atomic E-state index is 11.8. The molecule has 1 unspecified atom stereocenters. The summed E-state index contributed by atoms with van der Waals surface area (Å²) in [6.07, 6.45) is 7.07. The van der Waals surface area contributed by atoms with Crippen LogP contribution in [0.5, 0.6) is 0 Å². The number of carboxylic acid groups (broad SMARTS) is 1. The van der Waals surface area contributed by atoms with Gasteiger partial charge in [0, 0.05) is 24.8 Å². The standard InChI is InChI=1S/C23H36N4O4/c1-16(2)31-23(30)26-20(22(28)29)12-15-27(19-10-11-19)14-4-3-7-18-9-8-17-6-5-13-24-21(17)25-18/h8-9,16,19-20H,3-7,10-15H2,1-2H3,(H,24,25)(H,26,30)(H,28,29). The van der Waals surface area contributed by atoms with Gasteiger partial charge in [0.1, 0.15) is 11.9 Å². The van der Waals surface area contributed by atoms with Gasteiger partial charge in [-0.05, 0) is 83.4 Å². The summed E-state index contributed by atoms with van der Waals surface area (Å²) in [4.78, 5) is 30.4. The van der Waals surface area contributed by atoms with Crippen molar-refractivity contribution in [1.29, 1.82) is 0 Å². The number of hydrogen-bond acceptors (Lipinski definition) is 6. The molecule has 0 aromatic carbocycles. The lowest BCUT2D eigenvalue weighted by atomic mass is 10.1. The topological polar surface area (TPSA) is 104 Å². The quantitative estimate of drug-likeness (QED) is 0.436. The highest BCUT2D eigenvalue weighted by molar-refractivity contribution is 5.79. The molecule has 2 heterocycles. The van der Waals surface area contributed by atoms with Gasteiger partial charge in [0.15, 0.2) is 0 Å². The summed E-state index contributed by atoms with van der Waals surface area (Å²) in [5, 5.41) is 15.3. The molecule has 8 heteroatoms. The third-order valence-electron chi connectivity index (χ3n) is 5.78. The van der Waals surface area contributed by atoms with Crippen LogP contribution in [0, 0.1) is 0 Å². The van der Waals surface area contributed by atoms with Gasteiger partial charge in [-0.2, -0.15) is 0 Å². The summed E-state index contributed by atoms with van der Waals surface area (Å²) in [5.74, 6) is 0.0232. The molecule has 1 fully saturated rings. The molecule has 1 amide bonds. The molecule has 1 aliphatic carbocycles. The van der Waals surface area contributed by atoms with Gasteiger partial charge < -0.3 is 25.4 Å². The van der Waals surface area contributed by atoms with Crippen molar-refractivity contribution < 1.29 is 19.4 Å². The van der Waals surface area contributed by atoms with Crippen molar-refractivity contribution in [3.05, 3.63) is 23.4 Å². The summed E-state index contributed by atoms with van der Waals surface area (Å²) < 4.78 is 5.02. The van der Waals surface area contributed by atoms with Gasteiger partial charge in [-0.15, -0.1) is 0 Å². The SMILES string of the molecule is CC(C)OC(=O)NC(CCN(CCCCc1ccc2c(n1)NCCC2)C1CC1)C(=O)O. The first-order valence-electron chi connectivity index (χ1n) is 11.6. The Morgan fingerprint density at radius 1 is 1.29 bits per heavy atom. The number of carbonyl (C=O) groups excluding carboxylic acids is 1. The molecule has 2 aliphatic rings. The van der Waals surface area contributed by atoms with Crippen molar-refractivity contribution in [2.45, 2.75) is 83.4 Å². The van der Waals surface area contributed by atoms with E-state index in [0.717, 1.165) is 50.3 Å². The minimum atomic E-state index is -1.02. The molecule has 1 aliphatic heterocycles. The lowest BCUT2D eigenvalue weighted by Crippen LogP contribution is -2.44. The minimum Gasteiger partial charge on any atom is -0.480 e. The van der Waals surface area contributed by atoms with Crippen molar-refractivity contribution in [3.8, 4) is 0 Å². The molecule has 1 aromatic heterocycles. The molecular weight excluding hydrogens is 396 g/mol. The third kappa shape index (κ3) is 7.69. The van der Waals surface area contributed by atoms with E-state index in [4.69, 9.17) is 9.72 Å². The number of carbonyl (C=O) groups is 2. The number of carboxylic acids is 1. The first-order valence-corrected chi connectivity index (χ1v) is 11.6. The van der Waals surface area contributed by atoms with Gasteiger partial charge in [-0.3, -0.25) is 0 Å². The smallest absolute Gasteiger partial charge is 0.408 e. The Labute approximate surface area is 184 Å². The Morgan fingerprint density at radius 2 is 2.10 bits per heavy atom. The molecule has 1 atom stereocenters. The Kier molecular flexibility index (Phi) is 8.51. The molecule has 0 saturated heterocycles. The largest absolute Gasteiger partial charge is 0.480 e. The summed E-state index contributed by atoms with van der Waals surface area (Å²) in [6, 6.07) is 3.95. The zero-order valence-corrected chi connectivity index (χ0v) is 18.7. The number of unbranched alkanes of at least 4 members (excludes halogenated alkanes) is 1. The van der Waals surface area contributed by atoms with Gasteiger partial charge >= 0.3 is 12.1 Å². The number of nitrogens with zero attached hydrogens (tertiary/aromatic N) is 2. The van der Waals surface area contributed by atoms with Crippen LogP contribution in [0.1, 0.15) is 63.6 Å². The number of ether oxygens (including phenoxy) is 1. The molecule has 1 aromatic rings. The van der Waals surface area contributed by atoms with Gasteiger partial charge in [0.2, 0.25) is 0 Å². The molecule has 8 nitrogen and oxygen atoms in total. The number of aliphatic carboxylic acids is 1. The number of alkyl carbamates (subject to hydrolysis) is 1. The Bertz CT molecular complexity index is 751. The van der Waals surface area contributed by atoms with Gasteiger partial charge in [-0.1, -0.05) is 6.07 Å². The van der Waals surface area contributed by atoms with E-state index in [2.05, 4.69) is 27.7 Å². The lowest BCUT2D eigenvalue weighted by molar-refractivity contribution is -0.139. The zero-order valence-electron chi connectivity index (χ0n) is 18.7. The lowest BCUT2D eigenvalue weighted by Gasteiger charge is -2.24. The number of amides is 1. The van der Waals surface area contributed by atoms with Crippen molar-refractivity contribution in [3.63, 3.8) is 0 Å². The fourth-order valence-electron chi connectivity index (χ4n) is 3.99. The number of aryl methyl sites for hydroxylation is 2. The first kappa shape index (κ1) is 23.3. The number of rotatable bonds is 12. The van der Waals surface area contributed by atoms with Crippen molar-refractivity contribution in [1.82, 2.24) is 15.2 Å². The highest BCUT2D eigenvalue weighted by Crippen LogP contribution is 2.27. The Morgan fingerprint density at radius 3 is 2.81 bits per heavy atom. The van der Waals surface area contributed by atoms with E-state index in [9.17, 15) is 14.7 Å². The number of hydrogen-bond donors (Lipinski definition) is 3. The average Bonchev–Trinajstić information content (AvgIpc) is 3.56. The predicted octanol–water partition coefficient (Wildman–Crippen LogP) is 3.20. The van der Waals surface area contributed by atoms with Crippen molar-refractivity contribution >= 4 is 17.9 Å². The van der Waals surface area contributed by atoms with Crippen LogP contribution in [0.25, 0.3) is 0 Å². The zero-order chi connectivity index (χ0) is 22.2. The van der Waals surface area contributed by atoms with Gasteiger partial charge in [0.05, 0.1) is 6.10 Å². The number of aromatic nitrogens is 1.